The first-order chi connectivity index (χ1) is 7.63. The van der Waals surface area contributed by atoms with Gasteiger partial charge in [0, 0.05) is 0 Å². The molecule has 16 heavy (non-hydrogen) atoms. The molecule has 0 spiro atoms. The van der Waals surface area contributed by atoms with Gasteiger partial charge >= 0.3 is 5.97 Å². The summed E-state index contributed by atoms with van der Waals surface area (Å²) in [5.74, 6) is -0.264. The third-order valence-corrected chi connectivity index (χ3v) is 2.06. The standard InChI is InChI=1S/C12H15NO3/c1-2-7-16-10-5-3-9(4-6-10)8-11(13)12(14)15/h2-6,11H,1,7-8,13H2,(H,14,15)/t11-/m1/s1. The van der Waals surface area contributed by atoms with Gasteiger partial charge in [0.2, 0.25) is 0 Å². The van der Waals surface area contributed by atoms with Crippen LogP contribution < -0.4 is 10.5 Å². The molecule has 0 unspecified atom stereocenters. The minimum Gasteiger partial charge on any atom is -0.490 e. The molecular weight excluding hydrogens is 206 g/mol. The summed E-state index contributed by atoms with van der Waals surface area (Å²) in [6, 6.07) is 6.32. The van der Waals surface area contributed by atoms with Crippen LogP contribution in [-0.4, -0.2) is 23.7 Å². The van der Waals surface area contributed by atoms with E-state index < -0.39 is 12.0 Å². The minimum absolute atomic E-state index is 0.317. The van der Waals surface area contributed by atoms with Gasteiger partial charge in [0.25, 0.3) is 0 Å². The average Bonchev–Trinajstić information content (AvgIpc) is 2.28. The smallest absolute Gasteiger partial charge is 0.320 e. The van der Waals surface area contributed by atoms with Gasteiger partial charge in [0.15, 0.2) is 0 Å². The number of rotatable bonds is 6. The molecule has 1 aromatic rings. The predicted molar refractivity (Wildman–Crippen MR) is 61.4 cm³/mol. The first kappa shape index (κ1) is 12.3. The number of hydrogen-bond donors (Lipinski definition) is 2. The van der Waals surface area contributed by atoms with Gasteiger partial charge in [-0.05, 0) is 24.1 Å². The number of carboxylic acid groups (broad SMARTS) is 1. The molecule has 1 atom stereocenters. The number of aliphatic carboxylic acids is 1. The van der Waals surface area contributed by atoms with Crippen LogP contribution >= 0.6 is 0 Å². The molecule has 0 fully saturated rings. The Bertz CT molecular complexity index is 359. The van der Waals surface area contributed by atoms with Crippen molar-refractivity contribution in [1.29, 1.82) is 0 Å². The highest BCUT2D eigenvalue weighted by molar-refractivity contribution is 5.73. The van der Waals surface area contributed by atoms with E-state index in [1.807, 2.05) is 0 Å². The Hall–Kier alpha value is -1.81. The Balaban J connectivity index is 2.57. The van der Waals surface area contributed by atoms with E-state index in [1.54, 1.807) is 30.3 Å². The molecule has 0 saturated carbocycles. The van der Waals surface area contributed by atoms with Crippen molar-refractivity contribution in [2.75, 3.05) is 6.61 Å². The van der Waals surface area contributed by atoms with Crippen molar-refractivity contribution < 1.29 is 14.6 Å². The van der Waals surface area contributed by atoms with Crippen molar-refractivity contribution in [3.63, 3.8) is 0 Å². The molecule has 1 rings (SSSR count). The van der Waals surface area contributed by atoms with Crippen LogP contribution in [0.5, 0.6) is 5.75 Å². The van der Waals surface area contributed by atoms with Crippen molar-refractivity contribution in [1.82, 2.24) is 0 Å². The van der Waals surface area contributed by atoms with Crippen molar-refractivity contribution in [3.8, 4) is 5.75 Å². The largest absolute Gasteiger partial charge is 0.490 e. The lowest BCUT2D eigenvalue weighted by Gasteiger charge is -2.07. The molecular formula is C12H15NO3. The first-order valence-corrected chi connectivity index (χ1v) is 4.94. The van der Waals surface area contributed by atoms with Crippen molar-refractivity contribution >= 4 is 5.97 Å². The van der Waals surface area contributed by atoms with E-state index in [9.17, 15) is 4.79 Å². The fraction of sp³-hybridized carbons (Fsp3) is 0.250. The van der Waals surface area contributed by atoms with Crippen LogP contribution in [0.2, 0.25) is 0 Å². The maximum atomic E-state index is 10.6. The van der Waals surface area contributed by atoms with Crippen LogP contribution in [0.25, 0.3) is 0 Å². The van der Waals surface area contributed by atoms with Crippen molar-refractivity contribution in [2.45, 2.75) is 12.5 Å². The highest BCUT2D eigenvalue weighted by atomic mass is 16.5. The highest BCUT2D eigenvalue weighted by Crippen LogP contribution is 2.13. The molecule has 0 radical (unpaired) electrons. The highest BCUT2D eigenvalue weighted by Gasteiger charge is 2.11. The van der Waals surface area contributed by atoms with Gasteiger partial charge in [0.1, 0.15) is 18.4 Å². The zero-order chi connectivity index (χ0) is 12.0. The number of ether oxygens (including phenoxy) is 1. The number of carbonyl (C=O) groups is 1. The van der Waals surface area contributed by atoms with E-state index in [4.69, 9.17) is 15.6 Å². The molecule has 0 aliphatic carbocycles. The third-order valence-electron chi connectivity index (χ3n) is 2.06. The van der Waals surface area contributed by atoms with Gasteiger partial charge in [-0.15, -0.1) is 0 Å². The summed E-state index contributed by atoms with van der Waals surface area (Å²) < 4.78 is 5.30. The summed E-state index contributed by atoms with van der Waals surface area (Å²) in [6.07, 6.45) is 1.98. The first-order valence-electron chi connectivity index (χ1n) is 4.94. The van der Waals surface area contributed by atoms with E-state index in [0.717, 1.165) is 11.3 Å². The molecule has 0 saturated heterocycles. The van der Waals surface area contributed by atoms with Crippen molar-refractivity contribution in [3.05, 3.63) is 42.5 Å². The predicted octanol–water partition coefficient (Wildman–Crippen LogP) is 1.21. The molecule has 0 aliphatic heterocycles. The molecule has 0 heterocycles. The van der Waals surface area contributed by atoms with Gasteiger partial charge in [-0.25, -0.2) is 0 Å². The van der Waals surface area contributed by atoms with Gasteiger partial charge in [-0.3, -0.25) is 4.79 Å². The second-order valence-corrected chi connectivity index (χ2v) is 3.39. The maximum Gasteiger partial charge on any atom is 0.320 e. The SMILES string of the molecule is C=CCOc1ccc(C[C@@H](N)C(=O)O)cc1. The normalized spacial score (nSPS) is 11.8. The van der Waals surface area contributed by atoms with E-state index in [-0.39, 0.29) is 0 Å². The maximum absolute atomic E-state index is 10.6. The second kappa shape index (κ2) is 5.92. The topological polar surface area (TPSA) is 72.5 Å². The van der Waals surface area contributed by atoms with Gasteiger partial charge in [-0.2, -0.15) is 0 Å². The molecule has 1 aromatic carbocycles. The second-order valence-electron chi connectivity index (χ2n) is 3.39. The molecule has 0 aromatic heterocycles. The number of carboxylic acids is 1. The van der Waals surface area contributed by atoms with Crippen LogP contribution in [0, 0.1) is 0 Å². The fourth-order valence-corrected chi connectivity index (χ4v) is 1.22. The lowest BCUT2D eigenvalue weighted by Crippen LogP contribution is -2.32. The van der Waals surface area contributed by atoms with E-state index in [1.165, 1.54) is 0 Å². The Labute approximate surface area is 94.3 Å². The lowest BCUT2D eigenvalue weighted by atomic mass is 10.1. The number of nitrogens with two attached hydrogens (primary N) is 1. The summed E-state index contributed by atoms with van der Waals surface area (Å²) in [5.41, 5.74) is 6.30. The summed E-state index contributed by atoms with van der Waals surface area (Å²) in [4.78, 5) is 10.6. The van der Waals surface area contributed by atoms with Gasteiger partial charge in [0.05, 0.1) is 0 Å². The number of hydrogen-bond acceptors (Lipinski definition) is 3. The van der Waals surface area contributed by atoms with Gasteiger partial charge < -0.3 is 15.6 Å². The van der Waals surface area contributed by atoms with Crippen LogP contribution in [-0.2, 0) is 11.2 Å². The monoisotopic (exact) mass is 221 g/mol. The third kappa shape index (κ3) is 3.74. The Morgan fingerprint density at radius 2 is 2.12 bits per heavy atom. The van der Waals surface area contributed by atoms with E-state index in [2.05, 4.69) is 6.58 Å². The molecule has 0 aliphatic rings. The summed E-state index contributed by atoms with van der Waals surface area (Å²) >= 11 is 0. The van der Waals surface area contributed by atoms with Crippen molar-refractivity contribution in [2.24, 2.45) is 5.73 Å². The average molecular weight is 221 g/mol. The van der Waals surface area contributed by atoms with Gasteiger partial charge in [-0.1, -0.05) is 24.8 Å². The lowest BCUT2D eigenvalue weighted by molar-refractivity contribution is -0.138. The molecule has 86 valence electrons. The minimum atomic E-state index is -0.994. The van der Waals surface area contributed by atoms with Crippen LogP contribution in [0.4, 0.5) is 0 Å². The zero-order valence-corrected chi connectivity index (χ0v) is 8.93. The fourth-order valence-electron chi connectivity index (χ4n) is 1.22. The zero-order valence-electron chi connectivity index (χ0n) is 8.93. The van der Waals surface area contributed by atoms with Crippen LogP contribution in [0.1, 0.15) is 5.56 Å². The Morgan fingerprint density at radius 1 is 1.50 bits per heavy atom. The molecule has 4 heteroatoms. The van der Waals surface area contributed by atoms with Crippen LogP contribution in [0.3, 0.4) is 0 Å². The van der Waals surface area contributed by atoms with E-state index >= 15 is 0 Å². The number of benzene rings is 1. The van der Waals surface area contributed by atoms with Crippen LogP contribution in [0.15, 0.2) is 36.9 Å². The Kier molecular flexibility index (Phi) is 4.54. The molecule has 0 amide bonds. The Morgan fingerprint density at radius 3 is 2.62 bits per heavy atom. The summed E-state index contributed by atoms with van der Waals surface area (Å²) in [6.45, 7) is 4.00. The quantitative estimate of drug-likeness (QED) is 0.708. The summed E-state index contributed by atoms with van der Waals surface area (Å²) in [7, 11) is 0. The molecule has 3 N–H and O–H groups in total. The molecule has 4 nitrogen and oxygen atoms in total. The van der Waals surface area contributed by atoms with E-state index in [0.29, 0.717) is 13.0 Å². The molecule has 0 bridgehead atoms. The summed E-state index contributed by atoms with van der Waals surface area (Å²) in [5, 5.41) is 8.65.